The Bertz CT molecular complexity index is 334. The first kappa shape index (κ1) is 8.49. The molecule has 2 fully saturated rings. The fourth-order valence-corrected chi connectivity index (χ4v) is 3.02. The van der Waals surface area contributed by atoms with E-state index in [1.54, 1.807) is 5.56 Å². The van der Waals surface area contributed by atoms with Crippen LogP contribution in [-0.4, -0.2) is 12.6 Å². The molecule has 0 unspecified atom stereocenters. The molecule has 0 spiro atoms. The van der Waals surface area contributed by atoms with Crippen LogP contribution >= 0.6 is 0 Å². The van der Waals surface area contributed by atoms with Crippen molar-refractivity contribution >= 4 is 0 Å². The molecule has 0 radical (unpaired) electrons. The number of likely N-dealkylation sites (N-methyl/N-ethyl adjacent to an activating group) is 1. The predicted octanol–water partition coefficient (Wildman–Crippen LogP) is 2.47. The van der Waals surface area contributed by atoms with Gasteiger partial charge in [0.25, 0.3) is 0 Å². The van der Waals surface area contributed by atoms with Crippen molar-refractivity contribution in [3.05, 3.63) is 35.9 Å². The topological polar surface area (TPSA) is 12.0 Å². The van der Waals surface area contributed by atoms with Crippen LogP contribution < -0.4 is 5.32 Å². The summed E-state index contributed by atoms with van der Waals surface area (Å²) in [5.74, 6) is 0. The van der Waals surface area contributed by atoms with E-state index in [2.05, 4.69) is 42.7 Å². The Labute approximate surface area is 85.5 Å². The second-order valence-corrected chi connectivity index (χ2v) is 4.78. The van der Waals surface area contributed by atoms with E-state index in [1.807, 2.05) is 0 Å². The molecule has 1 nitrogen and oxygen atoms in total. The van der Waals surface area contributed by atoms with Gasteiger partial charge in [0.1, 0.15) is 0 Å². The first-order valence-electron chi connectivity index (χ1n) is 5.57. The minimum absolute atomic E-state index is 0.453. The second kappa shape index (κ2) is 2.60. The van der Waals surface area contributed by atoms with Gasteiger partial charge in [0, 0.05) is 11.0 Å². The number of hydrogen-bond acceptors (Lipinski definition) is 1. The van der Waals surface area contributed by atoms with E-state index in [0.717, 1.165) is 0 Å². The maximum atomic E-state index is 3.55. The van der Waals surface area contributed by atoms with E-state index in [1.165, 1.54) is 25.7 Å². The van der Waals surface area contributed by atoms with E-state index in [4.69, 9.17) is 0 Å². The Kier molecular flexibility index (Phi) is 1.58. The van der Waals surface area contributed by atoms with Crippen molar-refractivity contribution in [2.24, 2.45) is 0 Å². The summed E-state index contributed by atoms with van der Waals surface area (Å²) < 4.78 is 0. The van der Waals surface area contributed by atoms with Gasteiger partial charge < -0.3 is 5.32 Å². The highest BCUT2D eigenvalue weighted by atomic mass is 15.0. The molecule has 2 saturated carbocycles. The number of nitrogens with one attached hydrogen (secondary N) is 1. The molecule has 14 heavy (non-hydrogen) atoms. The average Bonchev–Trinajstić information content (AvgIpc) is 3.13. The summed E-state index contributed by atoms with van der Waals surface area (Å²) in [6.07, 6.45) is 5.46. The lowest BCUT2D eigenvalue weighted by molar-refractivity contribution is 0.426. The van der Waals surface area contributed by atoms with Gasteiger partial charge in [0.05, 0.1) is 0 Å². The third-order valence-electron chi connectivity index (χ3n) is 4.22. The van der Waals surface area contributed by atoms with Crippen molar-refractivity contribution < 1.29 is 0 Å². The standard InChI is InChI=1S/C13H17N/c1-14-13(9-10-13)12(7-8-12)11-5-3-2-4-6-11/h2-6,14H,7-10H2,1H3. The van der Waals surface area contributed by atoms with Crippen molar-refractivity contribution in [3.8, 4) is 0 Å². The molecule has 1 heteroatoms. The lowest BCUT2D eigenvalue weighted by Crippen LogP contribution is -2.40. The quantitative estimate of drug-likeness (QED) is 0.766. The summed E-state index contributed by atoms with van der Waals surface area (Å²) in [6.45, 7) is 0. The van der Waals surface area contributed by atoms with Crippen LogP contribution in [0.2, 0.25) is 0 Å². The van der Waals surface area contributed by atoms with Crippen molar-refractivity contribution in [1.82, 2.24) is 5.32 Å². The Hall–Kier alpha value is -0.820. The monoisotopic (exact) mass is 187 g/mol. The first-order chi connectivity index (χ1) is 6.83. The van der Waals surface area contributed by atoms with Gasteiger partial charge in [0.2, 0.25) is 0 Å². The maximum absolute atomic E-state index is 3.55. The summed E-state index contributed by atoms with van der Waals surface area (Å²) in [7, 11) is 2.12. The Balaban J connectivity index is 1.98. The van der Waals surface area contributed by atoms with E-state index < -0.39 is 0 Å². The summed E-state index contributed by atoms with van der Waals surface area (Å²) >= 11 is 0. The van der Waals surface area contributed by atoms with Crippen molar-refractivity contribution in [2.75, 3.05) is 7.05 Å². The number of rotatable bonds is 3. The zero-order chi connectivity index (χ0) is 9.65. The van der Waals surface area contributed by atoms with Gasteiger partial charge in [-0.15, -0.1) is 0 Å². The molecule has 0 aromatic heterocycles. The van der Waals surface area contributed by atoms with Crippen molar-refractivity contribution in [3.63, 3.8) is 0 Å². The lowest BCUT2D eigenvalue weighted by Gasteiger charge is -2.27. The van der Waals surface area contributed by atoms with Gasteiger partial charge in [-0.2, -0.15) is 0 Å². The third-order valence-corrected chi connectivity index (χ3v) is 4.22. The SMILES string of the molecule is CNC1(C2(c3ccccc3)CC2)CC1. The molecular weight excluding hydrogens is 170 g/mol. The molecular formula is C13H17N. The van der Waals surface area contributed by atoms with Gasteiger partial charge >= 0.3 is 0 Å². The molecule has 0 bridgehead atoms. The fourth-order valence-electron chi connectivity index (χ4n) is 3.02. The summed E-state index contributed by atoms with van der Waals surface area (Å²) in [5, 5.41) is 3.55. The van der Waals surface area contributed by atoms with Crippen LogP contribution in [0.15, 0.2) is 30.3 Å². The smallest absolute Gasteiger partial charge is 0.0276 e. The molecule has 2 aliphatic rings. The Morgan fingerprint density at radius 3 is 2.07 bits per heavy atom. The highest BCUT2D eigenvalue weighted by Gasteiger charge is 2.65. The van der Waals surface area contributed by atoms with E-state index in [0.29, 0.717) is 11.0 Å². The molecule has 1 aromatic carbocycles. The zero-order valence-electron chi connectivity index (χ0n) is 8.72. The van der Waals surface area contributed by atoms with Crippen LogP contribution in [0.4, 0.5) is 0 Å². The van der Waals surface area contributed by atoms with Crippen LogP contribution in [0.3, 0.4) is 0 Å². The van der Waals surface area contributed by atoms with Crippen LogP contribution in [-0.2, 0) is 5.41 Å². The number of hydrogen-bond donors (Lipinski definition) is 1. The minimum atomic E-state index is 0.453. The maximum Gasteiger partial charge on any atom is 0.0276 e. The molecule has 3 rings (SSSR count). The van der Waals surface area contributed by atoms with Gasteiger partial charge in [0.15, 0.2) is 0 Å². The van der Waals surface area contributed by atoms with E-state index >= 15 is 0 Å². The van der Waals surface area contributed by atoms with Gasteiger partial charge in [-0.05, 0) is 38.3 Å². The van der Waals surface area contributed by atoms with Crippen molar-refractivity contribution in [1.29, 1.82) is 0 Å². The van der Waals surface area contributed by atoms with E-state index in [9.17, 15) is 0 Å². The molecule has 74 valence electrons. The van der Waals surface area contributed by atoms with Crippen molar-refractivity contribution in [2.45, 2.75) is 36.6 Å². The van der Waals surface area contributed by atoms with Gasteiger partial charge in [-0.3, -0.25) is 0 Å². The van der Waals surface area contributed by atoms with Crippen LogP contribution in [0.25, 0.3) is 0 Å². The molecule has 0 atom stereocenters. The normalized spacial score (nSPS) is 25.8. The summed E-state index contributed by atoms with van der Waals surface area (Å²) in [6, 6.07) is 11.0. The third kappa shape index (κ3) is 0.936. The van der Waals surface area contributed by atoms with Crippen LogP contribution in [0, 0.1) is 0 Å². The minimum Gasteiger partial charge on any atom is -0.313 e. The van der Waals surface area contributed by atoms with Crippen LogP contribution in [0.5, 0.6) is 0 Å². The fraction of sp³-hybridized carbons (Fsp3) is 0.538. The van der Waals surface area contributed by atoms with Gasteiger partial charge in [-0.25, -0.2) is 0 Å². The second-order valence-electron chi connectivity index (χ2n) is 4.78. The van der Waals surface area contributed by atoms with Crippen LogP contribution in [0.1, 0.15) is 31.2 Å². The molecule has 0 aliphatic heterocycles. The lowest BCUT2D eigenvalue weighted by atomic mass is 9.86. The molecule has 1 aromatic rings. The molecule has 0 amide bonds. The largest absolute Gasteiger partial charge is 0.313 e. The summed E-state index contributed by atoms with van der Waals surface area (Å²) in [4.78, 5) is 0. The highest BCUT2D eigenvalue weighted by Crippen LogP contribution is 2.64. The molecule has 1 N–H and O–H groups in total. The van der Waals surface area contributed by atoms with Gasteiger partial charge in [-0.1, -0.05) is 30.3 Å². The average molecular weight is 187 g/mol. The Morgan fingerprint density at radius 1 is 1.00 bits per heavy atom. The first-order valence-corrected chi connectivity index (χ1v) is 5.57. The molecule has 0 heterocycles. The zero-order valence-corrected chi connectivity index (χ0v) is 8.72. The molecule has 2 aliphatic carbocycles. The Morgan fingerprint density at radius 2 is 1.64 bits per heavy atom. The highest BCUT2D eigenvalue weighted by molar-refractivity contribution is 5.40. The predicted molar refractivity (Wildman–Crippen MR) is 58.4 cm³/mol. The summed E-state index contributed by atoms with van der Waals surface area (Å²) in [5.41, 5.74) is 2.49. The number of benzene rings is 1. The van der Waals surface area contributed by atoms with E-state index in [-0.39, 0.29) is 0 Å². The molecule has 0 saturated heterocycles.